The molecule has 38 valence electrons. The van der Waals surface area contributed by atoms with Gasteiger partial charge in [0.25, 0.3) is 0 Å². The zero-order chi connectivity index (χ0) is 4.99. The Morgan fingerprint density at radius 3 is 2.33 bits per heavy atom. The van der Waals surface area contributed by atoms with Crippen molar-refractivity contribution >= 4 is 24.2 Å². The Morgan fingerprint density at radius 2 is 2.33 bits per heavy atom. The molecule has 2 heteroatoms. The highest BCUT2D eigenvalue weighted by molar-refractivity contribution is 7.80. The Labute approximate surface area is 49.3 Å². The molecule has 0 radical (unpaired) electrons. The van der Waals surface area contributed by atoms with Gasteiger partial charge >= 0.3 is 0 Å². The van der Waals surface area contributed by atoms with Crippen LogP contribution < -0.4 is 0 Å². The topological polar surface area (TPSA) is 0 Å². The fourth-order valence-electron chi connectivity index (χ4n) is 0.0488. The predicted octanol–water partition coefficient (Wildman–Crippen LogP) is 1.79. The molecule has 0 aliphatic carbocycles. The van der Waals surface area contributed by atoms with Gasteiger partial charge in [0.1, 0.15) is 0 Å². The average Bonchev–Trinajstić information content (AvgIpc) is 1.65. The van der Waals surface area contributed by atoms with E-state index in [1.807, 2.05) is 0 Å². The van der Waals surface area contributed by atoms with Crippen LogP contribution in [0.25, 0.3) is 0 Å². The van der Waals surface area contributed by atoms with Crippen molar-refractivity contribution in [1.82, 2.24) is 0 Å². The molecule has 0 aliphatic rings. The quantitative estimate of drug-likeness (QED) is 0.421. The van der Waals surface area contributed by atoms with E-state index in [1.165, 1.54) is 0 Å². The molecule has 0 rings (SSSR count). The molecule has 0 saturated carbocycles. The lowest BCUT2D eigenvalue weighted by Gasteiger charge is -1.96. The standard InChI is InChI=1S/C4H9ClS/c1-4(2-5)3-6/h4,6H,2-3H2,1H3. The maximum absolute atomic E-state index is 5.40. The molecular weight excluding hydrogens is 116 g/mol. The summed E-state index contributed by atoms with van der Waals surface area (Å²) < 4.78 is 0. The van der Waals surface area contributed by atoms with Crippen LogP contribution >= 0.6 is 24.2 Å². The van der Waals surface area contributed by atoms with Crippen LogP contribution in [-0.2, 0) is 0 Å². The van der Waals surface area contributed by atoms with Gasteiger partial charge in [-0.2, -0.15) is 12.6 Å². The summed E-state index contributed by atoms with van der Waals surface area (Å²) in [4.78, 5) is 0. The van der Waals surface area contributed by atoms with Gasteiger partial charge in [0.15, 0.2) is 0 Å². The molecule has 0 heterocycles. The van der Waals surface area contributed by atoms with Gasteiger partial charge in [-0.1, -0.05) is 6.92 Å². The number of hydrogen-bond acceptors (Lipinski definition) is 1. The first-order valence-electron chi connectivity index (χ1n) is 1.98. The predicted molar refractivity (Wildman–Crippen MR) is 33.7 cm³/mol. The SMILES string of the molecule is CC(CS)CCl. The van der Waals surface area contributed by atoms with Crippen LogP contribution in [0.1, 0.15) is 6.92 Å². The number of rotatable bonds is 2. The van der Waals surface area contributed by atoms with Crippen molar-refractivity contribution in [2.45, 2.75) is 6.92 Å². The van der Waals surface area contributed by atoms with E-state index in [0.29, 0.717) is 5.92 Å². The lowest BCUT2D eigenvalue weighted by atomic mass is 10.3. The van der Waals surface area contributed by atoms with Gasteiger partial charge in [-0.25, -0.2) is 0 Å². The highest BCUT2D eigenvalue weighted by atomic mass is 35.5. The smallest absolute Gasteiger partial charge is 0.0256 e. The lowest BCUT2D eigenvalue weighted by Crippen LogP contribution is -1.95. The normalized spacial score (nSPS) is 14.5. The third kappa shape index (κ3) is 2.86. The summed E-state index contributed by atoms with van der Waals surface area (Å²) in [7, 11) is 0. The summed E-state index contributed by atoms with van der Waals surface area (Å²) in [6.07, 6.45) is 0. The van der Waals surface area contributed by atoms with E-state index < -0.39 is 0 Å². The van der Waals surface area contributed by atoms with Crippen LogP contribution in [0.5, 0.6) is 0 Å². The second-order valence-corrected chi connectivity index (χ2v) is 2.12. The first kappa shape index (κ1) is 6.64. The van der Waals surface area contributed by atoms with Gasteiger partial charge in [0, 0.05) is 5.88 Å². The summed E-state index contributed by atoms with van der Waals surface area (Å²) in [6, 6.07) is 0. The van der Waals surface area contributed by atoms with Crippen LogP contribution in [0, 0.1) is 5.92 Å². The second kappa shape index (κ2) is 3.82. The summed E-state index contributed by atoms with van der Waals surface area (Å²) in [5.41, 5.74) is 0. The van der Waals surface area contributed by atoms with Crippen molar-refractivity contribution in [3.63, 3.8) is 0 Å². The molecule has 0 bridgehead atoms. The van der Waals surface area contributed by atoms with Crippen molar-refractivity contribution in [1.29, 1.82) is 0 Å². The number of alkyl halides is 1. The van der Waals surface area contributed by atoms with E-state index in [9.17, 15) is 0 Å². The van der Waals surface area contributed by atoms with Crippen molar-refractivity contribution in [2.75, 3.05) is 11.6 Å². The molecule has 0 nitrogen and oxygen atoms in total. The summed E-state index contributed by atoms with van der Waals surface area (Å²) in [5, 5.41) is 0. The summed E-state index contributed by atoms with van der Waals surface area (Å²) in [6.45, 7) is 2.07. The fourth-order valence-corrected chi connectivity index (χ4v) is 0.439. The number of thiol groups is 1. The monoisotopic (exact) mass is 124 g/mol. The molecule has 0 aromatic heterocycles. The van der Waals surface area contributed by atoms with Gasteiger partial charge in [0.05, 0.1) is 0 Å². The third-order valence-corrected chi connectivity index (χ3v) is 1.73. The van der Waals surface area contributed by atoms with Crippen molar-refractivity contribution in [3.8, 4) is 0 Å². The highest BCUT2D eigenvalue weighted by Gasteiger charge is 1.91. The average molecular weight is 125 g/mol. The van der Waals surface area contributed by atoms with Gasteiger partial charge in [-0.15, -0.1) is 11.6 Å². The van der Waals surface area contributed by atoms with Gasteiger partial charge < -0.3 is 0 Å². The van der Waals surface area contributed by atoms with E-state index in [4.69, 9.17) is 11.6 Å². The van der Waals surface area contributed by atoms with Crippen LogP contribution in [0.4, 0.5) is 0 Å². The van der Waals surface area contributed by atoms with E-state index in [1.54, 1.807) is 0 Å². The molecule has 0 amide bonds. The first-order chi connectivity index (χ1) is 2.81. The van der Waals surface area contributed by atoms with Gasteiger partial charge in [-0.05, 0) is 11.7 Å². The summed E-state index contributed by atoms with van der Waals surface area (Å²) in [5.74, 6) is 2.18. The zero-order valence-corrected chi connectivity index (χ0v) is 5.47. The highest BCUT2D eigenvalue weighted by Crippen LogP contribution is 1.97. The minimum Gasteiger partial charge on any atom is -0.179 e. The Balaban J connectivity index is 2.75. The second-order valence-electron chi connectivity index (χ2n) is 1.44. The van der Waals surface area contributed by atoms with E-state index in [0.717, 1.165) is 11.6 Å². The number of halogens is 1. The minimum atomic E-state index is 0.565. The van der Waals surface area contributed by atoms with Crippen LogP contribution in [0.15, 0.2) is 0 Å². The van der Waals surface area contributed by atoms with Crippen molar-refractivity contribution < 1.29 is 0 Å². The largest absolute Gasteiger partial charge is 0.179 e. The summed E-state index contributed by atoms with van der Waals surface area (Å²) >= 11 is 9.41. The Morgan fingerprint density at radius 1 is 1.83 bits per heavy atom. The van der Waals surface area contributed by atoms with Gasteiger partial charge in [-0.3, -0.25) is 0 Å². The minimum absolute atomic E-state index is 0.565. The fraction of sp³-hybridized carbons (Fsp3) is 1.00. The molecule has 0 saturated heterocycles. The molecule has 0 aromatic rings. The van der Waals surface area contributed by atoms with Crippen molar-refractivity contribution in [3.05, 3.63) is 0 Å². The zero-order valence-electron chi connectivity index (χ0n) is 3.82. The third-order valence-electron chi connectivity index (χ3n) is 0.575. The molecule has 0 aromatic carbocycles. The Kier molecular flexibility index (Phi) is 4.22. The van der Waals surface area contributed by atoms with Gasteiger partial charge in [0.2, 0.25) is 0 Å². The first-order valence-corrected chi connectivity index (χ1v) is 3.14. The van der Waals surface area contributed by atoms with Crippen molar-refractivity contribution in [2.24, 2.45) is 5.92 Å². The van der Waals surface area contributed by atoms with Crippen LogP contribution in [0.2, 0.25) is 0 Å². The van der Waals surface area contributed by atoms with E-state index in [2.05, 4.69) is 19.6 Å². The van der Waals surface area contributed by atoms with E-state index in [-0.39, 0.29) is 0 Å². The molecule has 1 atom stereocenters. The van der Waals surface area contributed by atoms with Crippen LogP contribution in [0.3, 0.4) is 0 Å². The molecule has 6 heavy (non-hydrogen) atoms. The molecule has 0 fully saturated rings. The molecular formula is C4H9ClS. The lowest BCUT2D eigenvalue weighted by molar-refractivity contribution is 0.762. The molecule has 0 aliphatic heterocycles. The molecule has 0 N–H and O–H groups in total. The maximum Gasteiger partial charge on any atom is 0.0256 e. The van der Waals surface area contributed by atoms with E-state index >= 15 is 0 Å². The Hall–Kier alpha value is 0.640. The molecule has 0 spiro atoms. The molecule has 1 unspecified atom stereocenters. The van der Waals surface area contributed by atoms with Crippen LogP contribution in [-0.4, -0.2) is 11.6 Å². The number of hydrogen-bond donors (Lipinski definition) is 1. The maximum atomic E-state index is 5.40. The Bertz CT molecular complexity index is 26.7.